The van der Waals surface area contributed by atoms with Crippen molar-refractivity contribution in [2.45, 2.75) is 30.6 Å². The average molecular weight is 500 g/mol. The zero-order valence-electron chi connectivity index (χ0n) is 18.8. The number of phenols is 1. The van der Waals surface area contributed by atoms with Crippen LogP contribution in [0, 0.1) is 4.91 Å². The van der Waals surface area contributed by atoms with E-state index in [9.17, 15) is 34.3 Å². The zero-order valence-corrected chi connectivity index (χ0v) is 18.8. The van der Waals surface area contributed by atoms with Crippen molar-refractivity contribution in [2.75, 3.05) is 13.2 Å². The van der Waals surface area contributed by atoms with E-state index < -0.39 is 47.9 Å². The van der Waals surface area contributed by atoms with Crippen LogP contribution in [-0.2, 0) is 19.2 Å². The molecule has 2 aromatic carbocycles. The van der Waals surface area contributed by atoms with Crippen LogP contribution in [0.15, 0.2) is 53.7 Å². The molecule has 0 radical (unpaired) electrons. The van der Waals surface area contributed by atoms with Crippen LogP contribution in [0.3, 0.4) is 0 Å². The lowest BCUT2D eigenvalue weighted by atomic mass is 9.97. The molecule has 2 amide bonds. The normalized spacial score (nSPS) is 17.3. The fraction of sp³-hybridized carbons (Fsp3) is 0.304. The van der Waals surface area contributed by atoms with Crippen LogP contribution in [0.25, 0.3) is 0 Å². The monoisotopic (exact) mass is 500 g/mol. The molecule has 3 rings (SSSR count). The van der Waals surface area contributed by atoms with Crippen molar-refractivity contribution >= 4 is 23.8 Å². The first-order valence-corrected chi connectivity index (χ1v) is 10.8. The summed E-state index contributed by atoms with van der Waals surface area (Å²) in [5, 5.41) is 33.0. The number of hydrogen-bond donors (Lipinski definition) is 5. The summed E-state index contributed by atoms with van der Waals surface area (Å²) in [6.07, 6.45) is 0.0833. The van der Waals surface area contributed by atoms with Crippen LogP contribution in [-0.4, -0.2) is 69.2 Å². The number of ether oxygens (including phenoxy) is 1. The highest BCUT2D eigenvalue weighted by Crippen LogP contribution is 2.29. The van der Waals surface area contributed by atoms with E-state index in [4.69, 9.17) is 15.6 Å². The quantitative estimate of drug-likeness (QED) is 0.202. The van der Waals surface area contributed by atoms with Gasteiger partial charge in [-0.3, -0.25) is 14.4 Å². The summed E-state index contributed by atoms with van der Waals surface area (Å²) in [5.74, 6) is -3.60. The van der Waals surface area contributed by atoms with Gasteiger partial charge in [0.1, 0.15) is 23.6 Å². The first kappa shape index (κ1) is 26.1. The zero-order chi connectivity index (χ0) is 26.4. The average Bonchev–Trinajstić information content (AvgIpc) is 2.85. The van der Waals surface area contributed by atoms with Crippen molar-refractivity contribution in [3.63, 3.8) is 0 Å². The van der Waals surface area contributed by atoms with Crippen LogP contribution in [0.2, 0.25) is 0 Å². The van der Waals surface area contributed by atoms with Gasteiger partial charge in [0, 0.05) is 6.42 Å². The maximum Gasteiger partial charge on any atom is 0.331 e. The number of carbonyl (C=O) groups excluding carboxylic acids is 2. The molecule has 1 saturated heterocycles. The molecule has 13 heteroatoms. The topological polar surface area (TPSA) is 209 Å². The van der Waals surface area contributed by atoms with Gasteiger partial charge in [0.05, 0.1) is 13.2 Å². The Labute approximate surface area is 204 Å². The van der Waals surface area contributed by atoms with Crippen molar-refractivity contribution in [3.8, 4) is 11.5 Å². The number of likely N-dealkylation sites (tertiary alicyclic amines) is 1. The molecule has 36 heavy (non-hydrogen) atoms. The number of benzene rings is 2. The van der Waals surface area contributed by atoms with Gasteiger partial charge in [-0.15, -0.1) is 4.91 Å². The predicted octanol–water partition coefficient (Wildman–Crippen LogP) is 0.533. The third kappa shape index (κ3) is 5.93. The number of nitrogens with two attached hydrogens (primary N) is 1. The molecule has 1 unspecified atom stereocenters. The molecule has 6 N–H and O–H groups in total. The summed E-state index contributed by atoms with van der Waals surface area (Å²) in [5.41, 5.74) is 5.91. The minimum Gasteiger partial charge on any atom is -0.508 e. The van der Waals surface area contributed by atoms with Gasteiger partial charge in [-0.05, 0) is 35.4 Å². The molecule has 0 aliphatic carbocycles. The molecule has 0 saturated carbocycles. The van der Waals surface area contributed by atoms with E-state index in [0.717, 1.165) is 4.90 Å². The van der Waals surface area contributed by atoms with Crippen molar-refractivity contribution in [1.82, 2.24) is 10.2 Å². The maximum atomic E-state index is 12.6. The van der Waals surface area contributed by atoms with E-state index in [-0.39, 0.29) is 36.4 Å². The molecular formula is C23H24N4O9. The third-order valence-electron chi connectivity index (χ3n) is 5.60. The number of β-lactam (4-membered cyclic amide) rings is 1. The van der Waals surface area contributed by atoms with E-state index in [0.29, 0.717) is 5.75 Å². The summed E-state index contributed by atoms with van der Waals surface area (Å²) in [6.45, 7) is -0.0519. The molecule has 1 heterocycles. The number of carboxylic acid groups (broad SMARTS) is 2. The molecule has 1 fully saturated rings. The minimum atomic E-state index is -1.46. The highest BCUT2D eigenvalue weighted by Gasteiger charge is 2.45. The highest BCUT2D eigenvalue weighted by molar-refractivity contribution is 5.96. The SMILES string of the molecule is N[C@H](CCOc1ccc(C(N=O)C(=O)N[C@H]2CN([C@@H](C(=O)O)c3ccc(O)cc3)C2=O)cc1)C(=O)O. The standard InChI is InChI=1S/C23H24N4O9/c24-16(22(31)32)9-10-36-15-7-3-12(4-8-15)18(26-35)20(29)25-17-11-27(21(17)30)19(23(33)34)13-1-5-14(28)6-2-13/h1-8,16-19,28H,9-11,24H2,(H,25,29)(H,31,32)(H,33,34)/t16-,17+,18?,19-/m1/s1. The smallest absolute Gasteiger partial charge is 0.331 e. The van der Waals surface area contributed by atoms with Gasteiger partial charge in [0.15, 0.2) is 12.1 Å². The Balaban J connectivity index is 1.58. The Kier molecular flexibility index (Phi) is 8.17. The van der Waals surface area contributed by atoms with Gasteiger partial charge in [-0.25, -0.2) is 4.79 Å². The number of nitrogens with zero attached hydrogens (tertiary/aromatic N) is 2. The van der Waals surface area contributed by atoms with E-state index in [1.165, 1.54) is 48.5 Å². The Hall–Kier alpha value is -4.52. The second-order valence-electron chi connectivity index (χ2n) is 8.04. The Morgan fingerprint density at radius 3 is 2.19 bits per heavy atom. The fourth-order valence-corrected chi connectivity index (χ4v) is 3.59. The number of hydrogen-bond acceptors (Lipinski definition) is 9. The molecule has 0 aromatic heterocycles. The van der Waals surface area contributed by atoms with Crippen LogP contribution >= 0.6 is 0 Å². The number of rotatable bonds is 12. The Morgan fingerprint density at radius 2 is 1.67 bits per heavy atom. The van der Waals surface area contributed by atoms with Crippen LogP contribution < -0.4 is 15.8 Å². The number of carbonyl (C=O) groups is 4. The van der Waals surface area contributed by atoms with Crippen LogP contribution in [0.5, 0.6) is 11.5 Å². The highest BCUT2D eigenvalue weighted by atomic mass is 16.5. The summed E-state index contributed by atoms with van der Waals surface area (Å²) in [7, 11) is 0. The summed E-state index contributed by atoms with van der Waals surface area (Å²) < 4.78 is 5.39. The Morgan fingerprint density at radius 1 is 1.06 bits per heavy atom. The summed E-state index contributed by atoms with van der Waals surface area (Å²) in [4.78, 5) is 60.1. The molecule has 1 aliphatic rings. The van der Waals surface area contributed by atoms with Crippen molar-refractivity contribution < 1.29 is 39.2 Å². The molecule has 4 atom stereocenters. The van der Waals surface area contributed by atoms with Gasteiger partial charge >= 0.3 is 11.9 Å². The molecular weight excluding hydrogens is 476 g/mol. The van der Waals surface area contributed by atoms with E-state index >= 15 is 0 Å². The predicted molar refractivity (Wildman–Crippen MR) is 123 cm³/mol. The number of aromatic hydroxyl groups is 1. The summed E-state index contributed by atoms with van der Waals surface area (Å²) >= 11 is 0. The number of aliphatic carboxylic acids is 2. The molecule has 13 nitrogen and oxygen atoms in total. The van der Waals surface area contributed by atoms with Crippen LogP contribution in [0.1, 0.15) is 29.6 Å². The van der Waals surface area contributed by atoms with Crippen molar-refractivity contribution in [2.24, 2.45) is 10.9 Å². The van der Waals surface area contributed by atoms with Gasteiger partial charge in [-0.1, -0.05) is 29.4 Å². The molecule has 2 aromatic rings. The lowest BCUT2D eigenvalue weighted by Gasteiger charge is -2.42. The van der Waals surface area contributed by atoms with Crippen molar-refractivity contribution in [1.29, 1.82) is 0 Å². The number of amides is 2. The van der Waals surface area contributed by atoms with E-state index in [2.05, 4.69) is 10.5 Å². The minimum absolute atomic E-state index is 0.0461. The molecule has 190 valence electrons. The van der Waals surface area contributed by atoms with Gasteiger partial charge in [0.25, 0.3) is 5.91 Å². The van der Waals surface area contributed by atoms with Gasteiger partial charge in [0.2, 0.25) is 5.91 Å². The van der Waals surface area contributed by atoms with E-state index in [1.807, 2.05) is 0 Å². The number of carboxylic acids is 2. The first-order valence-electron chi connectivity index (χ1n) is 10.8. The Bertz CT molecular complexity index is 1140. The summed E-state index contributed by atoms with van der Waals surface area (Å²) in [6, 6.07) is 6.31. The second kappa shape index (κ2) is 11.3. The largest absolute Gasteiger partial charge is 0.508 e. The van der Waals surface area contributed by atoms with E-state index in [1.54, 1.807) is 0 Å². The van der Waals surface area contributed by atoms with Gasteiger partial charge < -0.3 is 36.0 Å². The number of nitrogens with one attached hydrogen (secondary N) is 1. The van der Waals surface area contributed by atoms with Gasteiger partial charge in [-0.2, -0.15) is 0 Å². The lowest BCUT2D eigenvalue weighted by Crippen LogP contribution is -2.65. The third-order valence-corrected chi connectivity index (χ3v) is 5.60. The van der Waals surface area contributed by atoms with Crippen molar-refractivity contribution in [3.05, 3.63) is 64.6 Å². The molecule has 0 spiro atoms. The maximum absolute atomic E-state index is 12.6. The second-order valence-corrected chi connectivity index (χ2v) is 8.04. The first-order chi connectivity index (χ1) is 17.1. The number of nitroso groups, excluding NO2 is 1. The molecule has 0 bridgehead atoms. The van der Waals surface area contributed by atoms with Crippen LogP contribution in [0.4, 0.5) is 0 Å². The number of phenolic OH excluding ortho intramolecular Hbond substituents is 1. The fourth-order valence-electron chi connectivity index (χ4n) is 3.59. The lowest BCUT2D eigenvalue weighted by molar-refractivity contribution is -0.160. The molecule has 1 aliphatic heterocycles.